The van der Waals surface area contributed by atoms with Crippen LogP contribution >= 0.6 is 0 Å². The Morgan fingerprint density at radius 2 is 1.19 bits per heavy atom. The van der Waals surface area contributed by atoms with Crippen LogP contribution in [0, 0.1) is 17.3 Å². The lowest BCUT2D eigenvalue weighted by Crippen LogP contribution is -2.58. The third-order valence-electron chi connectivity index (χ3n) is 16.2. The van der Waals surface area contributed by atoms with Crippen LogP contribution in [0.1, 0.15) is 120 Å². The minimum absolute atomic E-state index is 0.0400. The van der Waals surface area contributed by atoms with E-state index in [-0.39, 0.29) is 35.6 Å². The van der Waals surface area contributed by atoms with E-state index in [1.807, 2.05) is 18.2 Å². The van der Waals surface area contributed by atoms with Crippen molar-refractivity contribution < 1.29 is 35.9 Å². The number of benzene rings is 2. The van der Waals surface area contributed by atoms with Crippen LogP contribution in [0.25, 0.3) is 0 Å². The van der Waals surface area contributed by atoms with E-state index in [2.05, 4.69) is 112 Å². The van der Waals surface area contributed by atoms with E-state index < -0.39 is 46.0 Å². The normalized spacial score (nSPS) is 26.5. The average molecular weight is 958 g/mol. The summed E-state index contributed by atoms with van der Waals surface area (Å²) < 4.78 is 72.7. The molecule has 3 saturated heterocycles. The highest BCUT2D eigenvalue weighted by atomic mass is 32.2. The molecular formula is C52H88O8SSi3. The molecule has 0 amide bonds. The Bertz CT molecular complexity index is 1750. The average Bonchev–Trinajstić information content (AvgIpc) is 3.66. The van der Waals surface area contributed by atoms with Gasteiger partial charge in [0.05, 0.1) is 42.2 Å². The molecule has 2 aromatic carbocycles. The molecule has 0 aromatic heterocycles. The molecule has 6 rings (SSSR count). The molecule has 12 heteroatoms. The Hall–Kier alpha value is -1.46. The number of rotatable bonds is 29. The molecular weight excluding hydrogens is 869 g/mol. The van der Waals surface area contributed by atoms with E-state index in [1.54, 1.807) is 12.1 Å². The van der Waals surface area contributed by atoms with Crippen LogP contribution < -0.4 is 0 Å². The van der Waals surface area contributed by atoms with Gasteiger partial charge in [-0.15, -0.1) is 0 Å². The number of sulfone groups is 1. The summed E-state index contributed by atoms with van der Waals surface area (Å²) in [4.78, 5) is 0.394. The van der Waals surface area contributed by atoms with Gasteiger partial charge in [-0.05, 0) is 123 Å². The first-order valence-corrected chi connectivity index (χ1v) is 34.8. The summed E-state index contributed by atoms with van der Waals surface area (Å²) in [5, 5.41) is -0.711. The number of hydrogen-bond acceptors (Lipinski definition) is 8. The Morgan fingerprint density at radius 1 is 0.688 bits per heavy atom. The molecule has 0 unspecified atom stereocenters. The van der Waals surface area contributed by atoms with Gasteiger partial charge in [0.15, 0.2) is 34.8 Å². The van der Waals surface area contributed by atoms with Gasteiger partial charge in [-0.2, -0.15) is 0 Å². The molecule has 2 aromatic rings. The van der Waals surface area contributed by atoms with Gasteiger partial charge in [-0.1, -0.05) is 130 Å². The predicted octanol–water partition coefficient (Wildman–Crippen LogP) is 13.5. The van der Waals surface area contributed by atoms with Crippen LogP contribution in [0.3, 0.4) is 0 Å². The van der Waals surface area contributed by atoms with Crippen LogP contribution in [-0.4, -0.2) is 82.7 Å². The van der Waals surface area contributed by atoms with Crippen LogP contribution in [0.4, 0.5) is 0 Å². The van der Waals surface area contributed by atoms with Crippen molar-refractivity contribution in [2.75, 3.05) is 19.8 Å². The van der Waals surface area contributed by atoms with Gasteiger partial charge < -0.3 is 27.5 Å². The molecule has 3 aliphatic heterocycles. The van der Waals surface area contributed by atoms with Crippen molar-refractivity contribution in [3.05, 3.63) is 78.4 Å². The molecule has 362 valence electrons. The number of ether oxygens (including phenoxy) is 3. The maximum absolute atomic E-state index is 15.8. The smallest absolute Gasteiger partial charge is 0.282 e. The molecule has 1 aliphatic carbocycles. The van der Waals surface area contributed by atoms with Crippen LogP contribution in [-0.2, 0) is 43.7 Å². The molecule has 4 aliphatic rings. The lowest BCUT2D eigenvalue weighted by Gasteiger charge is -2.50. The molecule has 0 N–H and O–H groups in total. The highest BCUT2D eigenvalue weighted by molar-refractivity contribution is 7.92. The summed E-state index contributed by atoms with van der Waals surface area (Å²) in [6.45, 7) is 24.7. The van der Waals surface area contributed by atoms with E-state index >= 15 is 8.42 Å². The maximum Gasteiger partial charge on any atom is 0.282 e. The minimum Gasteiger partial charge on any atom is -0.414 e. The number of fused-ring (bicyclic) bond motifs is 3. The molecule has 4 fully saturated rings. The summed E-state index contributed by atoms with van der Waals surface area (Å²) in [7, 11) is -10.3. The molecule has 6 atom stereocenters. The van der Waals surface area contributed by atoms with Crippen molar-refractivity contribution in [2.45, 2.75) is 209 Å². The van der Waals surface area contributed by atoms with Crippen LogP contribution in [0.15, 0.2) is 77.7 Å². The van der Waals surface area contributed by atoms with Crippen molar-refractivity contribution in [3.63, 3.8) is 0 Å². The van der Waals surface area contributed by atoms with Gasteiger partial charge in [0.2, 0.25) is 0 Å². The van der Waals surface area contributed by atoms with Crippen molar-refractivity contribution in [1.29, 1.82) is 0 Å². The van der Waals surface area contributed by atoms with E-state index in [9.17, 15) is 0 Å². The van der Waals surface area contributed by atoms with Crippen LogP contribution in [0.5, 0.6) is 0 Å². The molecule has 0 radical (unpaired) electrons. The molecule has 0 spiro atoms. The summed E-state index contributed by atoms with van der Waals surface area (Å²) in [6.07, 6.45) is 9.99. The lowest BCUT2D eigenvalue weighted by molar-refractivity contribution is -0.467. The molecule has 1 saturated carbocycles. The third kappa shape index (κ3) is 13.0. The summed E-state index contributed by atoms with van der Waals surface area (Å²) in [6, 6.07) is 29.1. The van der Waals surface area contributed by atoms with E-state index in [0.717, 1.165) is 92.9 Å². The first kappa shape index (κ1) is 53.5. The zero-order chi connectivity index (χ0) is 46.5. The molecule has 2 bridgehead atoms. The third-order valence-corrected chi connectivity index (χ3v) is 32.5. The molecule has 3 heterocycles. The van der Waals surface area contributed by atoms with E-state index in [4.69, 9.17) is 27.5 Å². The van der Waals surface area contributed by atoms with Crippen molar-refractivity contribution >= 4 is 34.8 Å². The number of aryl methyl sites for hydroxylation is 1. The number of hydrogen-bond donors (Lipinski definition) is 0. The van der Waals surface area contributed by atoms with E-state index in [1.165, 1.54) is 5.56 Å². The largest absolute Gasteiger partial charge is 0.414 e. The topological polar surface area (TPSA) is 89.5 Å². The number of allylic oxidation sites excluding steroid dienone is 2. The second-order valence-corrected chi connectivity index (χ2v) is 36.2. The molecule has 64 heavy (non-hydrogen) atoms. The Labute approximate surface area is 393 Å². The SMILES string of the molecule is CC[Si](CC)(CC)O[C@@H](CCc1ccccc1)C[C@H]([C@@H]1[C@@H](C/C=C\CCCC23OCC(C)(CO2)CO3)[C@H](O[Si](CC)(CC)CC)C[C@H]1O[Si](CC)(CC)CC)S(=O)(=O)c1ccccc1. The standard InChI is InChI=1S/C52H88O8SSi3/c1-11-62(12-2,13-3)58-44(36-35-43-30-24-22-25-31-43)38-49(61(53,54)45-32-26-23-27-33-45)50-46(34-28-20-21-29-37-52-55-40-51(10,41-56-52)42-57-52)47(59-63(14-4,15-5)16-6)39-48(50)60-64(17-7,18-8)19-9/h20,22-28,30-33,44,46-50H,11-19,21,29,34-42H2,1-10H3/b28-20-/t44-,46-,47+,48+,49+,50+,51?,52?/m0/s1. The maximum atomic E-state index is 15.8. The molecule has 8 nitrogen and oxygen atoms in total. The second kappa shape index (κ2) is 24.2. The zero-order valence-electron chi connectivity index (χ0n) is 41.7. The highest BCUT2D eigenvalue weighted by Crippen LogP contribution is 2.49. The van der Waals surface area contributed by atoms with Crippen molar-refractivity contribution in [3.8, 4) is 0 Å². The minimum atomic E-state index is -3.86. The van der Waals surface area contributed by atoms with Crippen LogP contribution in [0.2, 0.25) is 54.4 Å². The summed E-state index contributed by atoms with van der Waals surface area (Å²) in [5.41, 5.74) is 1.20. The lowest BCUT2D eigenvalue weighted by atomic mass is 9.85. The second-order valence-electron chi connectivity index (χ2n) is 19.9. The summed E-state index contributed by atoms with van der Waals surface area (Å²) in [5.74, 6) is -1.24. The Morgan fingerprint density at radius 3 is 1.70 bits per heavy atom. The van der Waals surface area contributed by atoms with Crippen molar-refractivity contribution in [2.24, 2.45) is 17.3 Å². The Balaban J connectivity index is 1.60. The van der Waals surface area contributed by atoms with Gasteiger partial charge in [0.25, 0.3) is 5.97 Å². The number of unbranched alkanes of at least 4 members (excludes halogenated alkanes) is 1. The predicted molar refractivity (Wildman–Crippen MR) is 271 cm³/mol. The fourth-order valence-electron chi connectivity index (χ4n) is 11.0. The quantitative estimate of drug-likeness (QED) is 0.0453. The van der Waals surface area contributed by atoms with Crippen molar-refractivity contribution in [1.82, 2.24) is 0 Å². The fourth-order valence-corrected chi connectivity index (χ4v) is 21.9. The zero-order valence-corrected chi connectivity index (χ0v) is 45.5. The van der Waals surface area contributed by atoms with Gasteiger partial charge in [0.1, 0.15) is 0 Å². The monoisotopic (exact) mass is 957 g/mol. The first-order chi connectivity index (χ1) is 30.7. The van der Waals surface area contributed by atoms with Gasteiger partial charge in [0, 0.05) is 23.9 Å². The summed E-state index contributed by atoms with van der Waals surface area (Å²) >= 11 is 0. The fraction of sp³-hybridized carbons (Fsp3) is 0.731. The van der Waals surface area contributed by atoms with Gasteiger partial charge >= 0.3 is 0 Å². The Kier molecular flexibility index (Phi) is 20.2. The highest BCUT2D eigenvalue weighted by Gasteiger charge is 2.55. The van der Waals surface area contributed by atoms with E-state index in [0.29, 0.717) is 37.6 Å². The first-order valence-electron chi connectivity index (χ1n) is 25.6. The van der Waals surface area contributed by atoms with Gasteiger partial charge in [-0.25, -0.2) is 8.42 Å². The van der Waals surface area contributed by atoms with Gasteiger partial charge in [-0.3, -0.25) is 0 Å².